The minimum atomic E-state index is -3.87. The fraction of sp³-hybridized carbons (Fsp3) is 0.412. The lowest BCUT2D eigenvalue weighted by Crippen LogP contribution is -2.55. The zero-order chi connectivity index (χ0) is 33.0. The number of hydrogen-bond acceptors (Lipinski definition) is 7. The van der Waals surface area contributed by atoms with E-state index in [4.69, 9.17) is 10.5 Å². The molecule has 0 aliphatic rings. The molecule has 3 rings (SSSR count). The molecule has 11 heteroatoms. The number of nitrogen functional groups attached to an aromatic ring is 1. The van der Waals surface area contributed by atoms with Crippen LogP contribution in [0.25, 0.3) is 0 Å². The van der Waals surface area contributed by atoms with Crippen LogP contribution in [0.15, 0.2) is 89.8 Å². The first-order chi connectivity index (χ1) is 21.4. The van der Waals surface area contributed by atoms with Crippen LogP contribution in [0.2, 0.25) is 0 Å². The van der Waals surface area contributed by atoms with Gasteiger partial charge < -0.3 is 26.2 Å². The molecule has 244 valence electrons. The molecule has 45 heavy (non-hydrogen) atoms. The van der Waals surface area contributed by atoms with Crippen molar-refractivity contribution < 1.29 is 27.9 Å². The number of alkyl carbamates (subject to hydrolysis) is 1. The average Bonchev–Trinajstić information content (AvgIpc) is 3.02. The molecule has 0 heterocycles. The lowest BCUT2D eigenvalue weighted by atomic mass is 9.84. The van der Waals surface area contributed by atoms with Gasteiger partial charge in [0.1, 0.15) is 6.04 Å². The van der Waals surface area contributed by atoms with Crippen LogP contribution in [0.1, 0.15) is 63.5 Å². The van der Waals surface area contributed by atoms with Gasteiger partial charge in [-0.05, 0) is 74.9 Å². The summed E-state index contributed by atoms with van der Waals surface area (Å²) in [5.41, 5.74) is 7.18. The molecule has 0 fully saturated rings. The van der Waals surface area contributed by atoms with Gasteiger partial charge in [0.2, 0.25) is 15.9 Å². The number of benzene rings is 3. The summed E-state index contributed by atoms with van der Waals surface area (Å²) in [6, 6.07) is 23.4. The highest BCUT2D eigenvalue weighted by Crippen LogP contribution is 2.30. The summed E-state index contributed by atoms with van der Waals surface area (Å²) >= 11 is 0. The van der Waals surface area contributed by atoms with Crippen molar-refractivity contribution in [2.75, 3.05) is 26.0 Å². The van der Waals surface area contributed by atoms with Gasteiger partial charge in [0.15, 0.2) is 0 Å². The highest BCUT2D eigenvalue weighted by Gasteiger charge is 2.36. The molecule has 3 aromatic carbocycles. The topological polar surface area (TPSA) is 151 Å². The smallest absolute Gasteiger partial charge is 0.407 e. The summed E-state index contributed by atoms with van der Waals surface area (Å²) < 4.78 is 33.2. The summed E-state index contributed by atoms with van der Waals surface area (Å²) in [5, 5.41) is 16.1. The normalized spacial score (nSPS) is 13.3. The maximum absolute atomic E-state index is 13.9. The first kappa shape index (κ1) is 35.5. The summed E-state index contributed by atoms with van der Waals surface area (Å²) in [7, 11) is -2.62. The van der Waals surface area contributed by atoms with E-state index in [0.717, 1.165) is 11.1 Å². The van der Waals surface area contributed by atoms with E-state index >= 15 is 0 Å². The summed E-state index contributed by atoms with van der Waals surface area (Å²) in [6.45, 7) is 5.54. The molecule has 0 saturated heterocycles. The second kappa shape index (κ2) is 16.4. The van der Waals surface area contributed by atoms with Gasteiger partial charge in [-0.15, -0.1) is 0 Å². The number of rotatable bonds is 16. The van der Waals surface area contributed by atoms with Gasteiger partial charge in [-0.2, -0.15) is 4.31 Å². The van der Waals surface area contributed by atoms with Gasteiger partial charge in [-0.3, -0.25) is 4.79 Å². The number of carbonyl (C=O) groups is 2. The molecule has 5 N–H and O–H groups in total. The fourth-order valence-corrected chi connectivity index (χ4v) is 7.20. The van der Waals surface area contributed by atoms with E-state index in [-0.39, 0.29) is 24.0 Å². The van der Waals surface area contributed by atoms with E-state index in [1.165, 1.54) is 23.5 Å². The molecular formula is C34H46N4O6S. The number of sulfonamides is 1. The largest absolute Gasteiger partial charge is 0.453 e. The van der Waals surface area contributed by atoms with E-state index in [9.17, 15) is 23.1 Å². The van der Waals surface area contributed by atoms with E-state index in [1.807, 2.05) is 81.4 Å². The number of amides is 2. The highest BCUT2D eigenvalue weighted by atomic mass is 32.2. The summed E-state index contributed by atoms with van der Waals surface area (Å²) in [6.07, 6.45) is 1.24. The van der Waals surface area contributed by atoms with Crippen molar-refractivity contribution in [1.82, 2.24) is 14.9 Å². The molecule has 0 radical (unpaired) electrons. The number of aliphatic hydroxyl groups is 1. The van der Waals surface area contributed by atoms with Gasteiger partial charge in [-0.25, -0.2) is 13.2 Å². The van der Waals surface area contributed by atoms with Crippen LogP contribution in [0, 0.1) is 0 Å². The van der Waals surface area contributed by atoms with Crippen LogP contribution in [-0.4, -0.2) is 67.7 Å². The van der Waals surface area contributed by atoms with Crippen LogP contribution >= 0.6 is 0 Å². The number of nitrogens with zero attached hydrogens (tertiary/aromatic N) is 1. The van der Waals surface area contributed by atoms with E-state index in [0.29, 0.717) is 31.4 Å². The van der Waals surface area contributed by atoms with Crippen LogP contribution in [-0.2, 0) is 19.6 Å². The van der Waals surface area contributed by atoms with Crippen LogP contribution in [0.5, 0.6) is 0 Å². The Labute approximate surface area is 267 Å². The molecular weight excluding hydrogens is 592 g/mol. The molecule has 0 spiro atoms. The maximum Gasteiger partial charge on any atom is 0.407 e. The Balaban J connectivity index is 1.78. The van der Waals surface area contributed by atoms with E-state index < -0.39 is 39.7 Å². The Bertz CT molecular complexity index is 1430. The number of nitrogens with one attached hydrogen (secondary N) is 2. The number of anilines is 1. The lowest BCUT2D eigenvalue weighted by Gasteiger charge is -2.34. The number of nitrogens with two attached hydrogens (primary N) is 1. The minimum Gasteiger partial charge on any atom is -0.453 e. The van der Waals surface area contributed by atoms with Gasteiger partial charge in [0, 0.05) is 29.7 Å². The lowest BCUT2D eigenvalue weighted by molar-refractivity contribution is -0.125. The maximum atomic E-state index is 13.9. The number of aliphatic hydroxyl groups excluding tert-OH is 1. The Hall–Kier alpha value is -3.93. The zero-order valence-electron chi connectivity index (χ0n) is 26.5. The van der Waals surface area contributed by atoms with E-state index in [2.05, 4.69) is 10.6 Å². The Morgan fingerprint density at radius 1 is 0.956 bits per heavy atom. The van der Waals surface area contributed by atoms with E-state index in [1.54, 1.807) is 12.1 Å². The SMILES string of the molecule is CCCN([C@H](CO)CCCC(C)(C)NC(=O)[C@@H](NC(=O)OC)C(c1ccccc1)c1ccccc1)S(=O)(=O)c1ccc(N)cc1. The second-order valence-electron chi connectivity index (χ2n) is 11.7. The minimum absolute atomic E-state index is 0.117. The quantitative estimate of drug-likeness (QED) is 0.167. The molecule has 0 unspecified atom stereocenters. The third-order valence-corrected chi connectivity index (χ3v) is 9.71. The molecule has 0 saturated carbocycles. The number of hydrogen-bond donors (Lipinski definition) is 4. The van der Waals surface area contributed by atoms with Crippen LogP contribution in [0.4, 0.5) is 10.5 Å². The Morgan fingerprint density at radius 3 is 2.00 bits per heavy atom. The van der Waals surface area contributed by atoms with Gasteiger partial charge >= 0.3 is 6.09 Å². The van der Waals surface area contributed by atoms with Crippen LogP contribution < -0.4 is 16.4 Å². The standard InChI is InChI=1S/C34H46N4O6S/c1-5-23-38(45(42,43)29-20-18-27(35)19-21-29)28(24-39)17-12-22-34(2,3)37-32(40)31(36-33(41)44-4)30(25-13-8-6-9-14-25)26-15-10-7-11-16-26/h6-11,13-16,18-21,28,30-31,39H,5,12,17,22-24,35H2,1-4H3,(H,36,41)(H,37,40)/t28-,31-/m0/s1. The van der Waals surface area contributed by atoms with Crippen molar-refractivity contribution in [1.29, 1.82) is 0 Å². The van der Waals surface area contributed by atoms with Crippen molar-refractivity contribution in [3.8, 4) is 0 Å². The van der Waals surface area contributed by atoms with Crippen LogP contribution in [0.3, 0.4) is 0 Å². The molecule has 3 aromatic rings. The monoisotopic (exact) mass is 638 g/mol. The van der Waals surface area contributed by atoms with Crippen molar-refractivity contribution in [2.24, 2.45) is 0 Å². The van der Waals surface area contributed by atoms with Crippen molar-refractivity contribution >= 4 is 27.7 Å². The average molecular weight is 639 g/mol. The molecule has 0 aliphatic carbocycles. The molecule has 10 nitrogen and oxygen atoms in total. The predicted molar refractivity (Wildman–Crippen MR) is 176 cm³/mol. The fourth-order valence-electron chi connectivity index (χ4n) is 5.46. The Kier molecular flexibility index (Phi) is 13.0. The first-order valence-electron chi connectivity index (χ1n) is 15.2. The van der Waals surface area contributed by atoms with Crippen molar-refractivity contribution in [3.05, 3.63) is 96.1 Å². The number of methoxy groups -OCH3 is 1. The second-order valence-corrected chi connectivity index (χ2v) is 13.6. The third kappa shape index (κ3) is 9.78. The van der Waals surface area contributed by atoms with Crippen molar-refractivity contribution in [3.63, 3.8) is 0 Å². The molecule has 2 atom stereocenters. The molecule has 0 aromatic heterocycles. The summed E-state index contributed by atoms with van der Waals surface area (Å²) in [5.74, 6) is -0.887. The highest BCUT2D eigenvalue weighted by molar-refractivity contribution is 7.89. The molecule has 0 bridgehead atoms. The van der Waals surface area contributed by atoms with Gasteiger partial charge in [0.25, 0.3) is 0 Å². The third-order valence-electron chi connectivity index (χ3n) is 7.74. The van der Waals surface area contributed by atoms with Crippen molar-refractivity contribution in [2.45, 2.75) is 74.9 Å². The first-order valence-corrected chi connectivity index (χ1v) is 16.6. The Morgan fingerprint density at radius 2 is 1.51 bits per heavy atom. The number of carbonyl (C=O) groups excluding carboxylic acids is 2. The number of ether oxygens (including phenoxy) is 1. The predicted octanol–water partition coefficient (Wildman–Crippen LogP) is 4.65. The molecule has 2 amide bonds. The molecule has 0 aliphatic heterocycles. The zero-order valence-corrected chi connectivity index (χ0v) is 27.3. The van der Waals surface area contributed by atoms with Gasteiger partial charge in [-0.1, -0.05) is 67.6 Å². The van der Waals surface area contributed by atoms with Gasteiger partial charge in [0.05, 0.1) is 18.6 Å². The summed E-state index contributed by atoms with van der Waals surface area (Å²) in [4.78, 5) is 26.5.